The Labute approximate surface area is 152 Å². The molecule has 9 heteroatoms. The van der Waals surface area contributed by atoms with Gasteiger partial charge in [0.2, 0.25) is 0 Å². The predicted octanol–water partition coefficient (Wildman–Crippen LogP) is 2.94. The first-order valence-corrected chi connectivity index (χ1v) is 8.43. The van der Waals surface area contributed by atoms with E-state index in [1.54, 1.807) is 28.1 Å². The number of fused-ring (bicyclic) bond motifs is 1. The van der Waals surface area contributed by atoms with Gasteiger partial charge in [-0.3, -0.25) is 9.89 Å². The molecule has 140 valence electrons. The zero-order valence-electron chi connectivity index (χ0n) is 14.2. The number of carbonyl (C=O) groups is 1. The van der Waals surface area contributed by atoms with Crippen molar-refractivity contribution in [3.8, 4) is 0 Å². The van der Waals surface area contributed by atoms with Crippen LogP contribution in [-0.2, 0) is 6.18 Å². The molecule has 0 radical (unpaired) electrons. The molecular formula is C18H16F3N5O. The number of benzene rings is 1. The highest BCUT2D eigenvalue weighted by Crippen LogP contribution is 2.31. The van der Waals surface area contributed by atoms with Crippen molar-refractivity contribution in [1.82, 2.24) is 20.1 Å². The minimum absolute atomic E-state index is 0.112. The normalized spacial score (nSPS) is 15.4. The molecule has 1 aromatic carbocycles. The van der Waals surface area contributed by atoms with Gasteiger partial charge in [-0.15, -0.1) is 0 Å². The summed E-state index contributed by atoms with van der Waals surface area (Å²) < 4.78 is 38.7. The van der Waals surface area contributed by atoms with E-state index in [1.807, 2.05) is 6.07 Å². The second kappa shape index (κ2) is 6.57. The van der Waals surface area contributed by atoms with Crippen molar-refractivity contribution in [3.05, 3.63) is 53.9 Å². The number of halogens is 3. The molecule has 0 spiro atoms. The van der Waals surface area contributed by atoms with Crippen LogP contribution in [0.3, 0.4) is 0 Å². The van der Waals surface area contributed by atoms with Crippen molar-refractivity contribution < 1.29 is 18.0 Å². The van der Waals surface area contributed by atoms with E-state index in [2.05, 4.69) is 15.2 Å². The third kappa shape index (κ3) is 3.32. The highest BCUT2D eigenvalue weighted by atomic mass is 19.4. The second-order valence-corrected chi connectivity index (χ2v) is 6.32. The average molecular weight is 375 g/mol. The lowest BCUT2D eigenvalue weighted by Crippen LogP contribution is -2.49. The van der Waals surface area contributed by atoms with Crippen LogP contribution in [0, 0.1) is 0 Å². The molecule has 3 aromatic rings. The monoisotopic (exact) mass is 375 g/mol. The minimum Gasteiger partial charge on any atom is -0.353 e. The largest absolute Gasteiger partial charge is 0.416 e. The van der Waals surface area contributed by atoms with E-state index in [4.69, 9.17) is 0 Å². The van der Waals surface area contributed by atoms with E-state index in [9.17, 15) is 18.0 Å². The van der Waals surface area contributed by atoms with E-state index in [0.717, 1.165) is 29.2 Å². The topological polar surface area (TPSA) is 65.1 Å². The Hall–Kier alpha value is -3.10. The van der Waals surface area contributed by atoms with Crippen molar-refractivity contribution in [3.63, 3.8) is 0 Å². The van der Waals surface area contributed by atoms with Gasteiger partial charge in [-0.1, -0.05) is 6.07 Å². The van der Waals surface area contributed by atoms with E-state index >= 15 is 0 Å². The van der Waals surface area contributed by atoms with Crippen LogP contribution < -0.4 is 4.90 Å². The molecule has 4 rings (SSSR count). The van der Waals surface area contributed by atoms with Crippen LogP contribution in [0.4, 0.5) is 19.0 Å². The van der Waals surface area contributed by atoms with E-state index in [1.165, 1.54) is 0 Å². The van der Waals surface area contributed by atoms with Gasteiger partial charge in [0.05, 0.1) is 22.8 Å². The van der Waals surface area contributed by atoms with Crippen molar-refractivity contribution in [2.75, 3.05) is 31.1 Å². The summed E-state index contributed by atoms with van der Waals surface area (Å²) in [5.41, 5.74) is 0.622. The van der Waals surface area contributed by atoms with Crippen LogP contribution in [0.25, 0.3) is 10.9 Å². The van der Waals surface area contributed by atoms with Gasteiger partial charge in [-0.2, -0.15) is 18.3 Å². The number of nitrogens with zero attached hydrogens (tertiary/aromatic N) is 4. The number of amides is 1. The SMILES string of the molecule is O=C(c1cccc2[nH]ncc12)N1CCN(c2cc(C(F)(F)F)ccn2)CC1. The quantitative estimate of drug-likeness (QED) is 0.748. The maximum Gasteiger partial charge on any atom is 0.416 e. The fraction of sp³-hybridized carbons (Fsp3) is 0.278. The molecule has 1 aliphatic heterocycles. The fourth-order valence-electron chi connectivity index (χ4n) is 3.23. The van der Waals surface area contributed by atoms with Gasteiger partial charge in [0.15, 0.2) is 0 Å². The summed E-state index contributed by atoms with van der Waals surface area (Å²) in [5, 5.41) is 7.55. The first-order valence-electron chi connectivity index (χ1n) is 8.43. The van der Waals surface area contributed by atoms with Crippen LogP contribution in [0.5, 0.6) is 0 Å². The Morgan fingerprint density at radius 3 is 2.63 bits per heavy atom. The van der Waals surface area contributed by atoms with Gasteiger partial charge >= 0.3 is 6.18 Å². The van der Waals surface area contributed by atoms with Gasteiger partial charge in [0.25, 0.3) is 5.91 Å². The molecule has 0 aliphatic carbocycles. The molecule has 27 heavy (non-hydrogen) atoms. The summed E-state index contributed by atoms with van der Waals surface area (Å²) in [4.78, 5) is 20.4. The van der Waals surface area contributed by atoms with E-state index < -0.39 is 11.7 Å². The maximum absolute atomic E-state index is 12.9. The van der Waals surface area contributed by atoms with Crippen LogP contribution >= 0.6 is 0 Å². The number of alkyl halides is 3. The number of rotatable bonds is 2. The van der Waals surface area contributed by atoms with E-state index in [-0.39, 0.29) is 11.7 Å². The summed E-state index contributed by atoms with van der Waals surface area (Å²) in [6, 6.07) is 7.38. The molecule has 0 saturated carbocycles. The minimum atomic E-state index is -4.40. The van der Waals surface area contributed by atoms with Crippen LogP contribution in [0.2, 0.25) is 0 Å². The molecule has 1 saturated heterocycles. The zero-order valence-corrected chi connectivity index (χ0v) is 14.2. The Kier molecular flexibility index (Phi) is 4.21. The highest BCUT2D eigenvalue weighted by molar-refractivity contribution is 6.06. The number of pyridine rings is 1. The first kappa shape index (κ1) is 17.3. The molecule has 1 aliphatic rings. The Bertz CT molecular complexity index is 976. The molecular weight excluding hydrogens is 359 g/mol. The molecule has 0 bridgehead atoms. The van der Waals surface area contributed by atoms with E-state index in [0.29, 0.717) is 31.7 Å². The summed E-state index contributed by atoms with van der Waals surface area (Å²) >= 11 is 0. The van der Waals surface area contributed by atoms with Crippen molar-refractivity contribution >= 4 is 22.6 Å². The summed E-state index contributed by atoms with van der Waals surface area (Å²) in [7, 11) is 0. The van der Waals surface area contributed by atoms with Gasteiger partial charge < -0.3 is 9.80 Å². The molecule has 0 atom stereocenters. The molecule has 6 nitrogen and oxygen atoms in total. The molecule has 1 N–H and O–H groups in total. The summed E-state index contributed by atoms with van der Waals surface area (Å²) in [6.45, 7) is 1.65. The maximum atomic E-state index is 12.9. The lowest BCUT2D eigenvalue weighted by molar-refractivity contribution is -0.137. The number of anilines is 1. The molecule has 2 aromatic heterocycles. The van der Waals surface area contributed by atoms with Crippen LogP contribution in [-0.4, -0.2) is 52.2 Å². The van der Waals surface area contributed by atoms with Crippen LogP contribution in [0.1, 0.15) is 15.9 Å². The Morgan fingerprint density at radius 1 is 1.11 bits per heavy atom. The average Bonchev–Trinajstić information content (AvgIpc) is 3.16. The first-order chi connectivity index (χ1) is 12.9. The standard InChI is InChI=1S/C18H16F3N5O/c19-18(20,21)12-4-5-22-16(10-12)25-6-8-26(9-7-25)17(27)13-2-1-3-15-14(13)11-23-24-15/h1-5,10-11H,6-9H2,(H,23,24). The van der Waals surface area contributed by atoms with Gasteiger partial charge in [-0.05, 0) is 24.3 Å². The molecule has 1 fully saturated rings. The third-order valence-corrected chi connectivity index (χ3v) is 4.68. The van der Waals surface area contributed by atoms with Gasteiger partial charge in [-0.25, -0.2) is 4.98 Å². The Balaban J connectivity index is 1.48. The third-order valence-electron chi connectivity index (χ3n) is 4.68. The fourth-order valence-corrected chi connectivity index (χ4v) is 3.23. The highest BCUT2D eigenvalue weighted by Gasteiger charge is 2.32. The molecule has 0 unspecified atom stereocenters. The summed E-state index contributed by atoms with van der Waals surface area (Å²) in [5.74, 6) is 0.160. The number of piperazine rings is 1. The van der Waals surface area contributed by atoms with Crippen molar-refractivity contribution in [2.45, 2.75) is 6.18 Å². The predicted molar refractivity (Wildman–Crippen MR) is 93.4 cm³/mol. The second-order valence-electron chi connectivity index (χ2n) is 6.32. The number of H-pyrrole nitrogens is 1. The number of carbonyl (C=O) groups excluding carboxylic acids is 1. The molecule has 3 heterocycles. The van der Waals surface area contributed by atoms with Crippen molar-refractivity contribution in [2.24, 2.45) is 0 Å². The zero-order chi connectivity index (χ0) is 19.0. The Morgan fingerprint density at radius 2 is 1.89 bits per heavy atom. The number of hydrogen-bond acceptors (Lipinski definition) is 4. The smallest absolute Gasteiger partial charge is 0.353 e. The lowest BCUT2D eigenvalue weighted by atomic mass is 10.1. The molecule has 1 amide bonds. The number of nitrogens with one attached hydrogen (secondary N) is 1. The number of hydrogen-bond donors (Lipinski definition) is 1. The van der Waals surface area contributed by atoms with Crippen molar-refractivity contribution in [1.29, 1.82) is 0 Å². The number of aromatic nitrogens is 3. The van der Waals surface area contributed by atoms with Gasteiger partial charge in [0.1, 0.15) is 5.82 Å². The number of aromatic amines is 1. The van der Waals surface area contributed by atoms with Gasteiger partial charge in [0, 0.05) is 37.8 Å². The van der Waals surface area contributed by atoms with Crippen LogP contribution in [0.15, 0.2) is 42.7 Å². The lowest BCUT2D eigenvalue weighted by Gasteiger charge is -2.35. The summed E-state index contributed by atoms with van der Waals surface area (Å²) in [6.07, 6.45) is -1.63.